The highest BCUT2D eigenvalue weighted by molar-refractivity contribution is 7.89. The predicted octanol–water partition coefficient (Wildman–Crippen LogP) is 4.08. The van der Waals surface area contributed by atoms with Gasteiger partial charge in [0.1, 0.15) is 0 Å². The molecule has 1 aromatic carbocycles. The van der Waals surface area contributed by atoms with Gasteiger partial charge in [-0.3, -0.25) is 0 Å². The molecule has 0 atom stereocenters. The van der Waals surface area contributed by atoms with Gasteiger partial charge < -0.3 is 20.2 Å². The summed E-state index contributed by atoms with van der Waals surface area (Å²) >= 11 is 0. The average Bonchev–Trinajstić information content (AvgIpc) is 2.87. The lowest BCUT2D eigenvalue weighted by molar-refractivity contribution is -0.137. The van der Waals surface area contributed by atoms with E-state index in [1.807, 2.05) is 7.05 Å². The molecule has 13 heteroatoms. The minimum absolute atomic E-state index is 0.101. The molecule has 0 radical (unpaired) electrons. The van der Waals surface area contributed by atoms with E-state index in [2.05, 4.69) is 4.90 Å². The lowest BCUT2D eigenvalue weighted by Crippen LogP contribution is -2.39. The van der Waals surface area contributed by atoms with Gasteiger partial charge in [0, 0.05) is 31.8 Å². The van der Waals surface area contributed by atoms with Crippen molar-refractivity contribution in [2.45, 2.75) is 68.5 Å². The van der Waals surface area contributed by atoms with Gasteiger partial charge in [-0.1, -0.05) is 19.3 Å². The number of nitrogens with zero attached hydrogens (tertiary/aromatic N) is 2. The Morgan fingerprint density at radius 2 is 1.46 bits per heavy atom. The molecule has 39 heavy (non-hydrogen) atoms. The molecule has 1 aliphatic carbocycles. The zero-order valence-electron chi connectivity index (χ0n) is 22.3. The number of carboxylic acids is 2. The van der Waals surface area contributed by atoms with Gasteiger partial charge in [-0.15, -0.1) is 0 Å². The lowest BCUT2D eigenvalue weighted by atomic mass is 9.83. The molecule has 0 unspecified atom stereocenters. The molecule has 3 N–H and O–H groups in total. The molecule has 2 rings (SSSR count). The molecular formula is C26H39F3N2O7S. The number of alkyl halides is 3. The molecule has 9 nitrogen and oxygen atoms in total. The fourth-order valence-electron chi connectivity index (χ4n) is 4.39. The third-order valence-electron chi connectivity index (χ3n) is 6.69. The van der Waals surface area contributed by atoms with Crippen LogP contribution in [0.25, 0.3) is 0 Å². The number of sulfonamides is 1. The van der Waals surface area contributed by atoms with Crippen molar-refractivity contribution in [3.05, 3.63) is 42.0 Å². The van der Waals surface area contributed by atoms with E-state index in [0.717, 1.165) is 82.2 Å². The predicted molar refractivity (Wildman–Crippen MR) is 140 cm³/mol. The quantitative estimate of drug-likeness (QED) is 0.235. The number of hydrogen-bond donors (Lipinski definition) is 3. The maximum Gasteiger partial charge on any atom is 0.416 e. The van der Waals surface area contributed by atoms with Crippen molar-refractivity contribution in [2.24, 2.45) is 5.92 Å². The van der Waals surface area contributed by atoms with Crippen LogP contribution in [0.5, 0.6) is 0 Å². The van der Waals surface area contributed by atoms with E-state index in [0.29, 0.717) is 24.6 Å². The first-order chi connectivity index (χ1) is 18.2. The minimum Gasteiger partial charge on any atom is -0.478 e. The van der Waals surface area contributed by atoms with Crippen LogP contribution in [0.4, 0.5) is 13.2 Å². The maximum atomic E-state index is 12.8. The Balaban J connectivity index is 0.000000824. The molecule has 0 bridgehead atoms. The first-order valence-electron chi connectivity index (χ1n) is 12.8. The third kappa shape index (κ3) is 12.9. The largest absolute Gasteiger partial charge is 0.478 e. The van der Waals surface area contributed by atoms with Crippen molar-refractivity contribution >= 4 is 22.0 Å². The van der Waals surface area contributed by atoms with E-state index >= 15 is 0 Å². The van der Waals surface area contributed by atoms with Gasteiger partial charge in [-0.25, -0.2) is 18.0 Å². The van der Waals surface area contributed by atoms with Gasteiger partial charge in [0.15, 0.2) is 0 Å². The van der Waals surface area contributed by atoms with Crippen molar-refractivity contribution in [3.63, 3.8) is 0 Å². The molecule has 1 fully saturated rings. The number of carbonyl (C=O) groups is 2. The van der Waals surface area contributed by atoms with Crippen molar-refractivity contribution in [1.29, 1.82) is 0 Å². The minimum atomic E-state index is -4.48. The summed E-state index contributed by atoms with van der Waals surface area (Å²) in [5, 5.41) is 24.5. The number of unbranched alkanes of at least 4 members (excludes halogenated alkanes) is 2. The number of rotatable bonds is 13. The van der Waals surface area contributed by atoms with Gasteiger partial charge in [0.25, 0.3) is 0 Å². The summed E-state index contributed by atoms with van der Waals surface area (Å²) in [6.07, 6.45) is 4.70. The monoisotopic (exact) mass is 580 g/mol. The van der Waals surface area contributed by atoms with Crippen LogP contribution in [0.3, 0.4) is 0 Å². The Morgan fingerprint density at radius 1 is 0.923 bits per heavy atom. The number of halogens is 3. The molecule has 0 heterocycles. The van der Waals surface area contributed by atoms with E-state index in [1.165, 1.54) is 11.4 Å². The van der Waals surface area contributed by atoms with Crippen molar-refractivity contribution in [1.82, 2.24) is 9.21 Å². The summed E-state index contributed by atoms with van der Waals surface area (Å²) in [5.41, 5.74) is -0.852. The fourth-order valence-corrected chi connectivity index (χ4v) is 5.81. The van der Waals surface area contributed by atoms with Crippen LogP contribution in [0, 0.1) is 5.92 Å². The second-order valence-corrected chi connectivity index (χ2v) is 11.6. The number of hydrogen-bond acceptors (Lipinski definition) is 6. The zero-order chi connectivity index (χ0) is 29.6. The summed E-state index contributed by atoms with van der Waals surface area (Å²) in [5.74, 6) is -1.91. The lowest BCUT2D eigenvalue weighted by Gasteiger charge is -2.34. The van der Waals surface area contributed by atoms with E-state index in [9.17, 15) is 31.2 Å². The Hall–Kier alpha value is -2.48. The number of aliphatic carboxylic acids is 2. The second kappa shape index (κ2) is 16.6. The highest BCUT2D eigenvalue weighted by Gasteiger charge is 2.33. The summed E-state index contributed by atoms with van der Waals surface area (Å²) < 4.78 is 65.2. The van der Waals surface area contributed by atoms with Crippen LogP contribution in [0.2, 0.25) is 0 Å². The smallest absolute Gasteiger partial charge is 0.416 e. The van der Waals surface area contributed by atoms with Crippen LogP contribution in [0.15, 0.2) is 41.3 Å². The molecule has 0 aromatic heterocycles. The van der Waals surface area contributed by atoms with Crippen LogP contribution in [-0.4, -0.2) is 84.7 Å². The van der Waals surface area contributed by atoms with Crippen LogP contribution in [0.1, 0.15) is 56.9 Å². The van der Waals surface area contributed by atoms with Crippen molar-refractivity contribution < 1.29 is 46.5 Å². The number of benzene rings is 1. The molecule has 0 aliphatic heterocycles. The first-order valence-corrected chi connectivity index (χ1v) is 14.2. The molecule has 1 saturated carbocycles. The van der Waals surface area contributed by atoms with Gasteiger partial charge >= 0.3 is 18.1 Å². The molecule has 1 aromatic rings. The molecular weight excluding hydrogens is 541 g/mol. The molecule has 0 spiro atoms. The summed E-state index contributed by atoms with van der Waals surface area (Å²) in [7, 11) is -0.277. The fraction of sp³-hybridized carbons (Fsp3) is 0.615. The summed E-state index contributed by atoms with van der Waals surface area (Å²) in [6.45, 7) is 1.87. The van der Waals surface area contributed by atoms with Gasteiger partial charge in [0.05, 0.1) is 17.1 Å². The Labute approximate surface area is 228 Å². The maximum absolute atomic E-state index is 12.8. The van der Waals surface area contributed by atoms with Gasteiger partial charge in [-0.2, -0.15) is 17.5 Å². The number of aliphatic hydroxyl groups is 1. The van der Waals surface area contributed by atoms with Gasteiger partial charge in [-0.05, 0) is 75.9 Å². The normalized spacial score (nSPS) is 18.3. The summed E-state index contributed by atoms with van der Waals surface area (Å²) in [4.78, 5) is 21.1. The molecule has 1 aliphatic rings. The zero-order valence-corrected chi connectivity index (χ0v) is 23.1. The highest BCUT2D eigenvalue weighted by Crippen LogP contribution is 2.34. The van der Waals surface area contributed by atoms with E-state index in [1.54, 1.807) is 0 Å². The Kier molecular flexibility index (Phi) is 14.7. The van der Waals surface area contributed by atoms with Crippen LogP contribution in [-0.2, 0) is 25.8 Å². The summed E-state index contributed by atoms with van der Waals surface area (Å²) in [6, 6.07) is 3.60. The second-order valence-electron chi connectivity index (χ2n) is 9.60. The first kappa shape index (κ1) is 34.5. The van der Waals surface area contributed by atoms with Crippen LogP contribution < -0.4 is 0 Å². The standard InChI is InChI=1S/C22H35F3N2O3S.C4H4O4/c1-26(16-17-28)15-5-3-4-6-18-7-11-20(12-8-18)27(2)31(29,30)21-13-9-19(10-14-21)22(23,24)25;5-3(6)1-2-4(7)8/h9-10,13-14,18,20,28H,3-8,11-12,15-17H2,1-2H3;1-2H,(H,5,6)(H,7,8)/b;2-1+. The SMILES string of the molecule is CN(CCO)CCCCCC1CCC(N(C)S(=O)(=O)c2ccc(C(F)(F)F)cc2)CC1.O=C(O)/C=C/C(=O)O. The Morgan fingerprint density at radius 3 is 1.92 bits per heavy atom. The topological polar surface area (TPSA) is 135 Å². The van der Waals surface area contributed by atoms with E-state index < -0.39 is 33.7 Å². The number of likely N-dealkylation sites (N-methyl/N-ethyl adjacent to an activating group) is 1. The molecule has 0 saturated heterocycles. The third-order valence-corrected chi connectivity index (χ3v) is 8.62. The molecule has 0 amide bonds. The van der Waals surface area contributed by atoms with Crippen LogP contribution >= 0.6 is 0 Å². The number of aliphatic hydroxyl groups excluding tert-OH is 1. The highest BCUT2D eigenvalue weighted by atomic mass is 32.2. The van der Waals surface area contributed by atoms with E-state index in [4.69, 9.17) is 15.3 Å². The molecule has 222 valence electrons. The van der Waals surface area contributed by atoms with Crippen molar-refractivity contribution in [2.75, 3.05) is 33.8 Å². The average molecular weight is 581 g/mol. The number of carboxylic acid groups (broad SMARTS) is 2. The Bertz CT molecular complexity index is 1010. The van der Waals surface area contributed by atoms with Crippen molar-refractivity contribution in [3.8, 4) is 0 Å². The van der Waals surface area contributed by atoms with E-state index in [-0.39, 0.29) is 17.5 Å². The van der Waals surface area contributed by atoms with Gasteiger partial charge in [0.2, 0.25) is 10.0 Å².